The lowest BCUT2D eigenvalue weighted by molar-refractivity contribution is 0.0525. The van der Waals surface area contributed by atoms with Gasteiger partial charge in [0, 0.05) is 21.5 Å². The molecular formula is C28H21ClN4O4. The van der Waals surface area contributed by atoms with Crippen LogP contribution in [0, 0.1) is 0 Å². The Hall–Kier alpha value is -4.56. The Morgan fingerprint density at radius 1 is 1.00 bits per heavy atom. The van der Waals surface area contributed by atoms with E-state index >= 15 is 0 Å². The van der Waals surface area contributed by atoms with Crippen LogP contribution in [0.3, 0.4) is 0 Å². The number of carboxylic acids is 1. The molecule has 8 nitrogen and oxygen atoms in total. The van der Waals surface area contributed by atoms with E-state index < -0.39 is 11.9 Å². The number of esters is 1. The fraction of sp³-hybridized carbons (Fsp3) is 0.107. The number of pyridine rings is 1. The van der Waals surface area contributed by atoms with Gasteiger partial charge in [0.1, 0.15) is 5.69 Å². The summed E-state index contributed by atoms with van der Waals surface area (Å²) in [6.07, 6.45) is 1.72. The first-order valence-corrected chi connectivity index (χ1v) is 11.9. The van der Waals surface area contributed by atoms with Gasteiger partial charge in [-0.15, -0.1) is 5.10 Å². The number of aromatic nitrogens is 4. The molecule has 1 N–H and O–H groups in total. The molecule has 9 heteroatoms. The van der Waals surface area contributed by atoms with E-state index in [4.69, 9.17) is 26.4 Å². The first-order chi connectivity index (χ1) is 17.9. The fourth-order valence-corrected chi connectivity index (χ4v) is 4.35. The van der Waals surface area contributed by atoms with Crippen LogP contribution in [0.2, 0.25) is 5.02 Å². The van der Waals surface area contributed by atoms with E-state index in [9.17, 15) is 9.59 Å². The summed E-state index contributed by atoms with van der Waals surface area (Å²) in [6.45, 7) is 2.12. The lowest BCUT2D eigenvalue weighted by Crippen LogP contribution is -2.15. The van der Waals surface area contributed by atoms with Crippen LogP contribution in [0.4, 0.5) is 0 Å². The topological polar surface area (TPSA) is 107 Å². The van der Waals surface area contributed by atoms with Gasteiger partial charge in [-0.1, -0.05) is 59.3 Å². The molecule has 37 heavy (non-hydrogen) atoms. The molecule has 3 aromatic carbocycles. The standard InChI is InChI=1S/C28H21ClN4O4/c1-2-37-28(36)26-24(16-33-15-23(31-32-33)17-8-10-19(11-9-17)27(34)35)30-22-13-12-20(29)14-21(22)25(26)18-6-4-3-5-7-18/h3-15H,2,16H2,1H3,(H,34,35). The zero-order valence-electron chi connectivity index (χ0n) is 19.8. The molecule has 0 atom stereocenters. The van der Waals surface area contributed by atoms with Crippen molar-refractivity contribution in [1.29, 1.82) is 0 Å². The predicted octanol–water partition coefficient (Wildman–Crippen LogP) is 5.74. The van der Waals surface area contributed by atoms with Gasteiger partial charge in [-0.05, 0) is 42.8 Å². The molecule has 0 aliphatic carbocycles. The summed E-state index contributed by atoms with van der Waals surface area (Å²) in [4.78, 5) is 29.3. The third-order valence-corrected chi connectivity index (χ3v) is 6.08. The Bertz CT molecular complexity index is 1620. The van der Waals surface area contributed by atoms with Gasteiger partial charge in [0.25, 0.3) is 0 Å². The van der Waals surface area contributed by atoms with Gasteiger partial charge in [-0.2, -0.15) is 0 Å². The number of benzene rings is 3. The lowest BCUT2D eigenvalue weighted by Gasteiger charge is -2.17. The normalized spacial score (nSPS) is 11.0. The van der Waals surface area contributed by atoms with Crippen molar-refractivity contribution in [3.05, 3.63) is 101 Å². The average molecular weight is 513 g/mol. The predicted molar refractivity (Wildman–Crippen MR) is 140 cm³/mol. The van der Waals surface area contributed by atoms with E-state index in [1.165, 1.54) is 12.1 Å². The first kappa shape index (κ1) is 24.1. The lowest BCUT2D eigenvalue weighted by atomic mass is 9.94. The first-order valence-electron chi connectivity index (χ1n) is 11.5. The number of ether oxygens (including phenoxy) is 1. The monoisotopic (exact) mass is 512 g/mol. The Balaban J connectivity index is 1.63. The third-order valence-electron chi connectivity index (χ3n) is 5.84. The SMILES string of the molecule is CCOC(=O)c1c(Cn2cc(-c3ccc(C(=O)O)cc3)nn2)nc2ccc(Cl)cc2c1-c1ccccc1. The number of carbonyl (C=O) groups is 2. The summed E-state index contributed by atoms with van der Waals surface area (Å²) in [5.41, 5.74) is 4.47. The summed E-state index contributed by atoms with van der Waals surface area (Å²) < 4.78 is 7.03. The molecule has 0 radical (unpaired) electrons. The minimum Gasteiger partial charge on any atom is -0.478 e. The van der Waals surface area contributed by atoms with Crippen molar-refractivity contribution < 1.29 is 19.4 Å². The fourth-order valence-electron chi connectivity index (χ4n) is 4.17. The second-order valence-corrected chi connectivity index (χ2v) is 8.68. The quantitative estimate of drug-likeness (QED) is 0.277. The van der Waals surface area contributed by atoms with Crippen LogP contribution in [0.15, 0.2) is 79.0 Å². The minimum absolute atomic E-state index is 0.159. The number of halogens is 1. The maximum atomic E-state index is 13.3. The molecule has 2 heterocycles. The molecular weight excluding hydrogens is 492 g/mol. The summed E-state index contributed by atoms with van der Waals surface area (Å²) in [6, 6.07) is 21.3. The molecule has 0 amide bonds. The Morgan fingerprint density at radius 2 is 1.76 bits per heavy atom. The van der Waals surface area contributed by atoms with Gasteiger partial charge in [0.2, 0.25) is 0 Å². The van der Waals surface area contributed by atoms with Crippen LogP contribution in [-0.2, 0) is 11.3 Å². The van der Waals surface area contributed by atoms with Crippen molar-refractivity contribution in [2.24, 2.45) is 0 Å². The van der Waals surface area contributed by atoms with Crippen molar-refractivity contribution >= 4 is 34.4 Å². The van der Waals surface area contributed by atoms with Gasteiger partial charge in [-0.3, -0.25) is 0 Å². The molecule has 0 fully saturated rings. The van der Waals surface area contributed by atoms with Gasteiger partial charge in [0.05, 0.1) is 41.7 Å². The number of hydrogen-bond donors (Lipinski definition) is 1. The second kappa shape index (κ2) is 10.2. The van der Waals surface area contributed by atoms with Crippen molar-refractivity contribution in [3.8, 4) is 22.4 Å². The zero-order valence-corrected chi connectivity index (χ0v) is 20.5. The highest BCUT2D eigenvalue weighted by Crippen LogP contribution is 2.35. The number of carboxylic acid groups (broad SMARTS) is 1. The zero-order chi connectivity index (χ0) is 25.9. The number of aromatic carboxylic acids is 1. The maximum absolute atomic E-state index is 13.3. The number of nitrogens with zero attached hydrogens (tertiary/aromatic N) is 4. The average Bonchev–Trinajstić information content (AvgIpc) is 3.37. The number of hydrogen-bond acceptors (Lipinski definition) is 6. The van der Waals surface area contributed by atoms with Crippen molar-refractivity contribution in [2.75, 3.05) is 6.61 Å². The molecule has 5 aromatic rings. The molecule has 184 valence electrons. The third kappa shape index (κ3) is 4.92. The highest BCUT2D eigenvalue weighted by molar-refractivity contribution is 6.31. The number of rotatable bonds is 7. The second-order valence-electron chi connectivity index (χ2n) is 8.24. The molecule has 0 spiro atoms. The molecule has 5 rings (SSSR count). The van der Waals surface area contributed by atoms with E-state index in [2.05, 4.69) is 10.3 Å². The van der Waals surface area contributed by atoms with Gasteiger partial charge in [-0.25, -0.2) is 19.3 Å². The van der Waals surface area contributed by atoms with E-state index in [1.807, 2.05) is 36.4 Å². The van der Waals surface area contributed by atoms with E-state index in [0.717, 1.165) is 10.9 Å². The van der Waals surface area contributed by atoms with Crippen LogP contribution in [0.5, 0.6) is 0 Å². The van der Waals surface area contributed by atoms with E-state index in [1.54, 1.807) is 42.1 Å². The Kier molecular flexibility index (Phi) is 6.66. The molecule has 0 aliphatic heterocycles. The van der Waals surface area contributed by atoms with Crippen molar-refractivity contribution in [3.63, 3.8) is 0 Å². The summed E-state index contributed by atoms with van der Waals surface area (Å²) in [5.74, 6) is -1.49. The highest BCUT2D eigenvalue weighted by Gasteiger charge is 2.24. The summed E-state index contributed by atoms with van der Waals surface area (Å²) >= 11 is 6.33. The van der Waals surface area contributed by atoms with Crippen LogP contribution in [-0.4, -0.2) is 43.6 Å². The summed E-state index contributed by atoms with van der Waals surface area (Å²) in [7, 11) is 0. The summed E-state index contributed by atoms with van der Waals surface area (Å²) in [5, 5.41) is 18.9. The van der Waals surface area contributed by atoms with Gasteiger partial charge >= 0.3 is 11.9 Å². The van der Waals surface area contributed by atoms with Crippen LogP contribution < -0.4 is 0 Å². The van der Waals surface area contributed by atoms with Crippen molar-refractivity contribution in [2.45, 2.75) is 13.5 Å². The molecule has 0 saturated carbocycles. The van der Waals surface area contributed by atoms with Gasteiger partial charge in [0.15, 0.2) is 0 Å². The van der Waals surface area contributed by atoms with Gasteiger partial charge < -0.3 is 9.84 Å². The van der Waals surface area contributed by atoms with Crippen LogP contribution in [0.25, 0.3) is 33.3 Å². The minimum atomic E-state index is -1.00. The van der Waals surface area contributed by atoms with Crippen LogP contribution in [0.1, 0.15) is 33.3 Å². The van der Waals surface area contributed by atoms with E-state index in [-0.39, 0.29) is 18.7 Å². The highest BCUT2D eigenvalue weighted by atomic mass is 35.5. The van der Waals surface area contributed by atoms with Crippen molar-refractivity contribution in [1.82, 2.24) is 20.0 Å². The molecule has 2 aromatic heterocycles. The smallest absolute Gasteiger partial charge is 0.340 e. The molecule has 0 unspecified atom stereocenters. The van der Waals surface area contributed by atoms with E-state index in [0.29, 0.717) is 38.6 Å². The molecule has 0 saturated heterocycles. The maximum Gasteiger partial charge on any atom is 0.340 e. The Labute approximate surface area is 217 Å². The number of carbonyl (C=O) groups excluding carboxylic acids is 1. The molecule has 0 bridgehead atoms. The Morgan fingerprint density at radius 3 is 2.46 bits per heavy atom. The van der Waals surface area contributed by atoms with Crippen LogP contribution >= 0.6 is 11.6 Å². The number of fused-ring (bicyclic) bond motifs is 1. The molecule has 0 aliphatic rings. The largest absolute Gasteiger partial charge is 0.478 e.